The highest BCUT2D eigenvalue weighted by atomic mass is 32.2. The van der Waals surface area contributed by atoms with Gasteiger partial charge < -0.3 is 10.4 Å². The molecule has 1 heterocycles. The SMILES string of the molecule is C=C(c1ccc(O)cc1C)C1c2ccc(C(=O)C(C)CC3Nc4ccccc4S3)cc2CCC1C. The first-order valence-electron chi connectivity index (χ1n) is 12.5. The van der Waals surface area contributed by atoms with Gasteiger partial charge in [-0.1, -0.05) is 62.5 Å². The maximum atomic E-state index is 13.4. The zero-order chi connectivity index (χ0) is 24.7. The number of aromatic hydroxyl groups is 1. The van der Waals surface area contributed by atoms with E-state index < -0.39 is 0 Å². The summed E-state index contributed by atoms with van der Waals surface area (Å²) in [6, 6.07) is 20.2. The average Bonchev–Trinajstić information content (AvgIpc) is 3.25. The number of carbonyl (C=O) groups is 1. The van der Waals surface area contributed by atoms with Gasteiger partial charge in [-0.25, -0.2) is 0 Å². The number of ketones is 1. The van der Waals surface area contributed by atoms with E-state index in [0.717, 1.165) is 41.5 Å². The number of hydrogen-bond acceptors (Lipinski definition) is 4. The number of phenols is 1. The molecule has 35 heavy (non-hydrogen) atoms. The Morgan fingerprint density at radius 3 is 2.74 bits per heavy atom. The van der Waals surface area contributed by atoms with E-state index in [9.17, 15) is 9.90 Å². The molecule has 3 nitrogen and oxygen atoms in total. The van der Waals surface area contributed by atoms with Crippen LogP contribution in [0.3, 0.4) is 0 Å². The van der Waals surface area contributed by atoms with E-state index >= 15 is 0 Å². The van der Waals surface area contributed by atoms with Gasteiger partial charge in [0.05, 0.1) is 5.37 Å². The number of carbonyl (C=O) groups excluding carboxylic acids is 1. The smallest absolute Gasteiger partial charge is 0.165 e. The van der Waals surface area contributed by atoms with E-state index in [-0.39, 0.29) is 28.7 Å². The first kappa shape index (κ1) is 23.7. The minimum absolute atomic E-state index is 0.0553. The van der Waals surface area contributed by atoms with Gasteiger partial charge in [0.2, 0.25) is 0 Å². The Morgan fingerprint density at radius 2 is 1.97 bits per heavy atom. The van der Waals surface area contributed by atoms with Crippen molar-refractivity contribution in [3.63, 3.8) is 0 Å². The highest BCUT2D eigenvalue weighted by Crippen LogP contribution is 2.45. The van der Waals surface area contributed by atoms with Crippen molar-refractivity contribution in [2.24, 2.45) is 11.8 Å². The zero-order valence-electron chi connectivity index (χ0n) is 20.7. The lowest BCUT2D eigenvalue weighted by Gasteiger charge is -2.34. The molecule has 0 fully saturated rings. The third-order valence-corrected chi connectivity index (χ3v) is 8.82. The number of fused-ring (bicyclic) bond motifs is 2. The van der Waals surface area contributed by atoms with Gasteiger partial charge in [0.1, 0.15) is 5.75 Å². The van der Waals surface area contributed by atoms with Gasteiger partial charge in [0.15, 0.2) is 5.78 Å². The zero-order valence-corrected chi connectivity index (χ0v) is 21.5. The number of benzene rings is 3. The number of aryl methyl sites for hydroxylation is 2. The molecule has 0 saturated heterocycles. The fourth-order valence-electron chi connectivity index (χ4n) is 5.71. The Balaban J connectivity index is 1.34. The number of Topliss-reactive ketones (excluding diaryl/α,β-unsaturated/α-hetero) is 1. The summed E-state index contributed by atoms with van der Waals surface area (Å²) in [7, 11) is 0. The van der Waals surface area contributed by atoms with Crippen molar-refractivity contribution in [1.82, 2.24) is 0 Å². The fraction of sp³-hybridized carbons (Fsp3) is 0.323. The van der Waals surface area contributed by atoms with Gasteiger partial charge in [-0.15, -0.1) is 0 Å². The summed E-state index contributed by atoms with van der Waals surface area (Å²) in [5.41, 5.74) is 7.77. The molecule has 0 radical (unpaired) electrons. The lowest BCUT2D eigenvalue weighted by molar-refractivity contribution is 0.0924. The molecule has 3 aromatic carbocycles. The second kappa shape index (κ2) is 9.58. The standard InChI is InChI=1S/C31H33NO2S/c1-18-9-10-22-17-23(31(34)20(3)16-29-32-27-7-5-6-8-28(27)35-29)11-13-26(22)30(18)21(4)25-14-12-24(33)15-19(25)2/h5-8,11-15,17-18,20,29-30,32-33H,4,9-10,16H2,1-3H3. The Labute approximate surface area is 212 Å². The monoisotopic (exact) mass is 483 g/mol. The molecule has 3 aromatic rings. The fourth-order valence-corrected chi connectivity index (χ4v) is 7.00. The largest absolute Gasteiger partial charge is 0.508 e. The number of anilines is 1. The molecule has 1 aliphatic heterocycles. The second-order valence-electron chi connectivity index (χ2n) is 10.2. The van der Waals surface area contributed by atoms with Crippen LogP contribution < -0.4 is 5.32 Å². The highest BCUT2D eigenvalue weighted by Gasteiger charge is 2.31. The van der Waals surface area contributed by atoms with Crippen molar-refractivity contribution < 1.29 is 9.90 Å². The van der Waals surface area contributed by atoms with Crippen LogP contribution in [0.5, 0.6) is 5.75 Å². The van der Waals surface area contributed by atoms with Crippen LogP contribution in [0.15, 0.2) is 72.1 Å². The molecule has 0 amide bonds. The van der Waals surface area contributed by atoms with Crippen molar-refractivity contribution in [1.29, 1.82) is 0 Å². The number of allylic oxidation sites excluding steroid dienone is 1. The van der Waals surface area contributed by atoms with Gasteiger partial charge in [0.25, 0.3) is 0 Å². The normalized spacial score (nSPS) is 21.5. The Morgan fingerprint density at radius 1 is 1.17 bits per heavy atom. The Hall–Kier alpha value is -2.98. The van der Waals surface area contributed by atoms with Crippen LogP contribution in [-0.4, -0.2) is 16.3 Å². The first-order valence-corrected chi connectivity index (χ1v) is 13.4. The lowest BCUT2D eigenvalue weighted by atomic mass is 9.70. The summed E-state index contributed by atoms with van der Waals surface area (Å²) in [5, 5.41) is 13.6. The van der Waals surface area contributed by atoms with Crippen molar-refractivity contribution >= 4 is 28.8 Å². The summed E-state index contributed by atoms with van der Waals surface area (Å²) in [6.45, 7) is 10.9. The molecule has 2 aliphatic rings. The predicted octanol–water partition coefficient (Wildman–Crippen LogP) is 7.83. The van der Waals surface area contributed by atoms with E-state index in [0.29, 0.717) is 5.92 Å². The Kier molecular flexibility index (Phi) is 6.50. The van der Waals surface area contributed by atoms with Crippen LogP contribution in [0.4, 0.5) is 5.69 Å². The van der Waals surface area contributed by atoms with Gasteiger partial charge in [-0.05, 0) is 90.3 Å². The second-order valence-corrected chi connectivity index (χ2v) is 11.4. The molecule has 180 valence electrons. The minimum atomic E-state index is -0.0553. The van der Waals surface area contributed by atoms with E-state index in [2.05, 4.69) is 49.2 Å². The van der Waals surface area contributed by atoms with Gasteiger partial charge in [-0.2, -0.15) is 0 Å². The summed E-state index contributed by atoms with van der Waals surface area (Å²) < 4.78 is 0. The van der Waals surface area contributed by atoms with Crippen molar-refractivity contribution in [3.8, 4) is 5.75 Å². The average molecular weight is 484 g/mol. The predicted molar refractivity (Wildman–Crippen MR) is 146 cm³/mol. The van der Waals surface area contributed by atoms with Crippen LogP contribution >= 0.6 is 11.8 Å². The molecule has 0 saturated carbocycles. The number of para-hydroxylation sites is 1. The van der Waals surface area contributed by atoms with E-state index in [4.69, 9.17) is 0 Å². The molecule has 4 unspecified atom stereocenters. The highest BCUT2D eigenvalue weighted by molar-refractivity contribution is 8.00. The van der Waals surface area contributed by atoms with Crippen molar-refractivity contribution in [3.05, 3.63) is 95.1 Å². The number of thioether (sulfide) groups is 1. The van der Waals surface area contributed by atoms with Crippen LogP contribution in [0.1, 0.15) is 65.2 Å². The first-order chi connectivity index (χ1) is 16.8. The van der Waals surface area contributed by atoms with E-state index in [1.54, 1.807) is 12.1 Å². The molecule has 0 aromatic heterocycles. The van der Waals surface area contributed by atoms with E-state index in [1.165, 1.54) is 21.7 Å². The summed E-state index contributed by atoms with van der Waals surface area (Å²) in [5.74, 6) is 1.12. The maximum Gasteiger partial charge on any atom is 0.165 e. The molecule has 0 spiro atoms. The lowest BCUT2D eigenvalue weighted by Crippen LogP contribution is -2.22. The molecule has 0 bridgehead atoms. The quantitative estimate of drug-likeness (QED) is 0.351. The van der Waals surface area contributed by atoms with Gasteiger partial charge >= 0.3 is 0 Å². The van der Waals surface area contributed by atoms with Crippen LogP contribution in [0.2, 0.25) is 0 Å². The molecular weight excluding hydrogens is 450 g/mol. The van der Waals surface area contributed by atoms with Crippen molar-refractivity contribution in [2.45, 2.75) is 56.2 Å². The van der Waals surface area contributed by atoms with Crippen molar-refractivity contribution in [2.75, 3.05) is 5.32 Å². The molecule has 4 heteroatoms. The number of nitrogens with one attached hydrogen (secondary N) is 1. The van der Waals surface area contributed by atoms with Gasteiger partial charge in [-0.3, -0.25) is 4.79 Å². The summed E-state index contributed by atoms with van der Waals surface area (Å²) in [6.07, 6.45) is 2.85. The van der Waals surface area contributed by atoms with Crippen LogP contribution in [0.25, 0.3) is 5.57 Å². The number of hydrogen-bond donors (Lipinski definition) is 2. The maximum absolute atomic E-state index is 13.4. The van der Waals surface area contributed by atoms with Gasteiger partial charge in [0, 0.05) is 28.0 Å². The van der Waals surface area contributed by atoms with Crippen LogP contribution in [-0.2, 0) is 6.42 Å². The molecule has 5 rings (SSSR count). The van der Waals surface area contributed by atoms with E-state index in [1.807, 2.05) is 43.8 Å². The molecule has 2 N–H and O–H groups in total. The molecular formula is C31H33NO2S. The number of phenolic OH excluding ortho intramolecular Hbond substituents is 1. The topological polar surface area (TPSA) is 49.3 Å². The van der Waals surface area contributed by atoms with Crippen LogP contribution in [0, 0.1) is 18.8 Å². The number of rotatable bonds is 6. The third-order valence-electron chi connectivity index (χ3n) is 7.62. The minimum Gasteiger partial charge on any atom is -0.508 e. The Bertz CT molecular complexity index is 1270. The molecule has 1 aliphatic carbocycles. The third kappa shape index (κ3) is 4.64. The summed E-state index contributed by atoms with van der Waals surface area (Å²) in [4.78, 5) is 14.7. The molecule has 4 atom stereocenters. The summed E-state index contributed by atoms with van der Waals surface area (Å²) >= 11 is 1.81.